The minimum absolute atomic E-state index is 0.776. The molecule has 0 saturated heterocycles. The van der Waals surface area contributed by atoms with E-state index in [0.717, 1.165) is 50.6 Å². The number of ether oxygens (including phenoxy) is 1. The van der Waals surface area contributed by atoms with Gasteiger partial charge in [-0.15, -0.1) is 0 Å². The zero-order chi connectivity index (χ0) is 14.1. The average Bonchev–Trinajstić information content (AvgIpc) is 2.41. The minimum Gasteiger partial charge on any atom is -0.385 e. The van der Waals surface area contributed by atoms with Gasteiger partial charge in [0, 0.05) is 39.4 Å². The number of methoxy groups -OCH3 is 1. The molecular formula is C14H26N4O. The lowest BCUT2D eigenvalue weighted by Gasteiger charge is -2.22. The Labute approximate surface area is 116 Å². The first-order chi connectivity index (χ1) is 9.24. The lowest BCUT2D eigenvalue weighted by molar-refractivity contribution is 0.196. The van der Waals surface area contributed by atoms with Crippen molar-refractivity contribution < 1.29 is 4.74 Å². The zero-order valence-corrected chi connectivity index (χ0v) is 12.6. The Morgan fingerprint density at radius 2 is 2.11 bits per heavy atom. The van der Waals surface area contributed by atoms with Gasteiger partial charge in [0.2, 0.25) is 0 Å². The molecule has 0 bridgehead atoms. The van der Waals surface area contributed by atoms with Gasteiger partial charge in [-0.1, -0.05) is 13.3 Å². The van der Waals surface area contributed by atoms with Crippen LogP contribution in [-0.2, 0) is 11.2 Å². The summed E-state index contributed by atoms with van der Waals surface area (Å²) in [6.07, 6.45) is 4.72. The molecule has 0 amide bonds. The van der Waals surface area contributed by atoms with Crippen molar-refractivity contribution in [2.45, 2.75) is 33.1 Å². The van der Waals surface area contributed by atoms with Gasteiger partial charge in [-0.3, -0.25) is 0 Å². The van der Waals surface area contributed by atoms with Crippen LogP contribution in [0.2, 0.25) is 0 Å². The van der Waals surface area contributed by atoms with Crippen molar-refractivity contribution in [2.75, 3.05) is 44.1 Å². The molecule has 0 atom stereocenters. The van der Waals surface area contributed by atoms with E-state index in [-0.39, 0.29) is 0 Å². The quantitative estimate of drug-likeness (QED) is 0.695. The van der Waals surface area contributed by atoms with E-state index in [9.17, 15) is 0 Å². The van der Waals surface area contributed by atoms with Gasteiger partial charge in [0.25, 0.3) is 0 Å². The summed E-state index contributed by atoms with van der Waals surface area (Å²) in [5.74, 6) is 2.00. The third kappa shape index (κ3) is 4.67. The monoisotopic (exact) mass is 266 g/mol. The summed E-state index contributed by atoms with van der Waals surface area (Å²) in [5.41, 5.74) is 1.21. The predicted octanol–water partition coefficient (Wildman–Crippen LogP) is 2.33. The predicted molar refractivity (Wildman–Crippen MR) is 80.0 cm³/mol. The molecule has 0 spiro atoms. The van der Waals surface area contributed by atoms with Gasteiger partial charge in [-0.2, -0.15) is 0 Å². The highest BCUT2D eigenvalue weighted by Gasteiger charge is 2.13. The van der Waals surface area contributed by atoms with Crippen LogP contribution in [0.15, 0.2) is 6.33 Å². The van der Waals surface area contributed by atoms with Gasteiger partial charge >= 0.3 is 0 Å². The molecule has 0 aliphatic heterocycles. The lowest BCUT2D eigenvalue weighted by atomic mass is 10.1. The van der Waals surface area contributed by atoms with E-state index in [4.69, 9.17) is 4.74 Å². The fraction of sp³-hybridized carbons (Fsp3) is 0.714. The highest BCUT2D eigenvalue weighted by molar-refractivity contribution is 5.58. The molecule has 0 saturated carbocycles. The SMILES string of the molecule is CCCc1c(NCC)ncnc1N(C)CCCOC. The molecule has 0 radical (unpaired) electrons. The van der Waals surface area contributed by atoms with Crippen molar-refractivity contribution in [3.8, 4) is 0 Å². The van der Waals surface area contributed by atoms with Crippen molar-refractivity contribution in [1.29, 1.82) is 0 Å². The number of hydrogen-bond acceptors (Lipinski definition) is 5. The first-order valence-corrected chi connectivity index (χ1v) is 7.02. The highest BCUT2D eigenvalue weighted by atomic mass is 16.5. The van der Waals surface area contributed by atoms with Crippen molar-refractivity contribution >= 4 is 11.6 Å². The van der Waals surface area contributed by atoms with E-state index in [1.165, 1.54) is 5.56 Å². The van der Waals surface area contributed by atoms with Crippen molar-refractivity contribution in [3.05, 3.63) is 11.9 Å². The molecule has 0 aliphatic carbocycles. The van der Waals surface area contributed by atoms with E-state index < -0.39 is 0 Å². The molecule has 1 N–H and O–H groups in total. The Hall–Kier alpha value is -1.36. The standard InChI is InChI=1S/C14H26N4O/c1-5-8-12-13(15-6-2)16-11-17-14(12)18(3)9-7-10-19-4/h11H,5-10H2,1-4H3,(H,15,16,17). The minimum atomic E-state index is 0.776. The summed E-state index contributed by atoms with van der Waals surface area (Å²) < 4.78 is 5.10. The Kier molecular flexibility index (Phi) is 7.18. The van der Waals surface area contributed by atoms with Gasteiger partial charge < -0.3 is 15.0 Å². The summed E-state index contributed by atoms with van der Waals surface area (Å²) in [7, 11) is 3.81. The number of aromatic nitrogens is 2. The molecule has 1 aromatic heterocycles. The fourth-order valence-corrected chi connectivity index (χ4v) is 2.08. The Morgan fingerprint density at radius 3 is 2.74 bits per heavy atom. The number of nitrogens with zero attached hydrogens (tertiary/aromatic N) is 3. The van der Waals surface area contributed by atoms with E-state index in [2.05, 4.69) is 41.1 Å². The molecule has 1 heterocycles. The van der Waals surface area contributed by atoms with Crippen LogP contribution in [0.4, 0.5) is 11.6 Å². The number of rotatable bonds is 9. The summed E-state index contributed by atoms with van der Waals surface area (Å²) in [6.45, 7) is 6.85. The number of hydrogen-bond donors (Lipinski definition) is 1. The second kappa shape index (κ2) is 8.69. The molecule has 19 heavy (non-hydrogen) atoms. The van der Waals surface area contributed by atoms with Crippen molar-refractivity contribution in [3.63, 3.8) is 0 Å². The number of nitrogens with one attached hydrogen (secondary N) is 1. The Morgan fingerprint density at radius 1 is 1.32 bits per heavy atom. The van der Waals surface area contributed by atoms with Gasteiger partial charge in [-0.25, -0.2) is 9.97 Å². The van der Waals surface area contributed by atoms with Crippen LogP contribution in [0, 0.1) is 0 Å². The zero-order valence-electron chi connectivity index (χ0n) is 12.6. The van der Waals surface area contributed by atoms with Crippen LogP contribution >= 0.6 is 0 Å². The van der Waals surface area contributed by atoms with Crippen LogP contribution in [-0.4, -0.2) is 43.8 Å². The maximum absolute atomic E-state index is 5.10. The average molecular weight is 266 g/mol. The van der Waals surface area contributed by atoms with Crippen LogP contribution in [0.5, 0.6) is 0 Å². The van der Waals surface area contributed by atoms with Crippen LogP contribution in [0.3, 0.4) is 0 Å². The second-order valence-electron chi connectivity index (χ2n) is 4.57. The van der Waals surface area contributed by atoms with E-state index in [1.807, 2.05) is 0 Å². The fourth-order valence-electron chi connectivity index (χ4n) is 2.08. The summed E-state index contributed by atoms with van der Waals surface area (Å²) in [6, 6.07) is 0. The molecule has 5 nitrogen and oxygen atoms in total. The smallest absolute Gasteiger partial charge is 0.137 e. The first-order valence-electron chi connectivity index (χ1n) is 7.02. The first kappa shape index (κ1) is 15.7. The highest BCUT2D eigenvalue weighted by Crippen LogP contribution is 2.24. The number of anilines is 2. The van der Waals surface area contributed by atoms with Crippen molar-refractivity contribution in [2.24, 2.45) is 0 Å². The van der Waals surface area contributed by atoms with E-state index in [1.54, 1.807) is 13.4 Å². The Bertz CT molecular complexity index is 370. The van der Waals surface area contributed by atoms with E-state index in [0.29, 0.717) is 0 Å². The second-order valence-corrected chi connectivity index (χ2v) is 4.57. The normalized spacial score (nSPS) is 10.5. The van der Waals surface area contributed by atoms with Crippen molar-refractivity contribution in [1.82, 2.24) is 9.97 Å². The summed E-state index contributed by atoms with van der Waals surface area (Å²) in [4.78, 5) is 11.0. The third-order valence-electron chi connectivity index (χ3n) is 2.97. The Balaban J connectivity index is 2.87. The van der Waals surface area contributed by atoms with Crippen LogP contribution in [0.25, 0.3) is 0 Å². The molecule has 1 aromatic rings. The van der Waals surface area contributed by atoms with Gasteiger partial charge in [-0.05, 0) is 19.8 Å². The molecular weight excluding hydrogens is 240 g/mol. The molecule has 1 rings (SSSR count). The van der Waals surface area contributed by atoms with Gasteiger partial charge in [0.05, 0.1) is 0 Å². The molecule has 5 heteroatoms. The maximum atomic E-state index is 5.10. The largest absolute Gasteiger partial charge is 0.385 e. The molecule has 0 unspecified atom stereocenters. The molecule has 0 aromatic carbocycles. The molecule has 0 fully saturated rings. The van der Waals surface area contributed by atoms with E-state index >= 15 is 0 Å². The van der Waals surface area contributed by atoms with Gasteiger partial charge in [0.15, 0.2) is 0 Å². The third-order valence-corrected chi connectivity index (χ3v) is 2.97. The van der Waals surface area contributed by atoms with Gasteiger partial charge in [0.1, 0.15) is 18.0 Å². The molecule has 108 valence electrons. The van der Waals surface area contributed by atoms with Crippen LogP contribution in [0.1, 0.15) is 32.3 Å². The van der Waals surface area contributed by atoms with Crippen LogP contribution < -0.4 is 10.2 Å². The summed E-state index contributed by atoms with van der Waals surface area (Å²) >= 11 is 0. The molecule has 0 aliphatic rings. The topological polar surface area (TPSA) is 50.3 Å². The maximum Gasteiger partial charge on any atom is 0.137 e. The summed E-state index contributed by atoms with van der Waals surface area (Å²) in [5, 5.41) is 3.32. The lowest BCUT2D eigenvalue weighted by Crippen LogP contribution is -2.23.